The number of ether oxygens (including phenoxy) is 1. The Labute approximate surface area is 134 Å². The first-order valence-electron chi connectivity index (χ1n) is 6.61. The van der Waals surface area contributed by atoms with Crippen LogP contribution < -0.4 is 20.3 Å². The van der Waals surface area contributed by atoms with E-state index in [9.17, 15) is 9.59 Å². The molecule has 0 aromatic heterocycles. The van der Waals surface area contributed by atoms with Crippen molar-refractivity contribution in [2.24, 2.45) is 0 Å². The van der Waals surface area contributed by atoms with Crippen LogP contribution in [0.3, 0.4) is 0 Å². The van der Waals surface area contributed by atoms with Gasteiger partial charge < -0.3 is 20.3 Å². The lowest BCUT2D eigenvalue weighted by molar-refractivity contribution is -0.862. The first-order chi connectivity index (χ1) is 10.5. The summed E-state index contributed by atoms with van der Waals surface area (Å²) >= 11 is 5.90. The van der Waals surface area contributed by atoms with Gasteiger partial charge in [0.2, 0.25) is 0 Å². The van der Waals surface area contributed by atoms with E-state index in [2.05, 4.69) is 16.6 Å². The maximum atomic E-state index is 12.0. The van der Waals surface area contributed by atoms with Gasteiger partial charge in [0.15, 0.2) is 13.1 Å². The van der Waals surface area contributed by atoms with Crippen molar-refractivity contribution in [3.63, 3.8) is 0 Å². The number of terminal acetylenes is 1. The van der Waals surface area contributed by atoms with Crippen LogP contribution in [0.5, 0.6) is 5.75 Å². The Balaban J connectivity index is 2.54. The predicted molar refractivity (Wildman–Crippen MR) is 85.1 cm³/mol. The molecule has 0 aliphatic rings. The fourth-order valence-electron chi connectivity index (χ4n) is 1.80. The molecular weight excluding hydrogens is 306 g/mol. The molecule has 0 saturated carbocycles. The Kier molecular flexibility index (Phi) is 7.23. The molecule has 118 valence electrons. The third-order valence-corrected chi connectivity index (χ3v) is 2.98. The molecule has 6 nitrogen and oxygen atoms in total. The average Bonchev–Trinajstić information content (AvgIpc) is 2.45. The van der Waals surface area contributed by atoms with Crippen LogP contribution >= 0.6 is 11.6 Å². The van der Waals surface area contributed by atoms with Gasteiger partial charge in [0.05, 0.1) is 26.4 Å². The summed E-state index contributed by atoms with van der Waals surface area (Å²) in [6, 6.07) is 4.94. The Hall–Kier alpha value is -2.23. The molecule has 0 aliphatic heterocycles. The number of anilines is 1. The van der Waals surface area contributed by atoms with Gasteiger partial charge in [-0.05, 0) is 18.2 Å². The topological polar surface area (TPSA) is 71.9 Å². The van der Waals surface area contributed by atoms with Crippen molar-refractivity contribution in [2.45, 2.75) is 0 Å². The summed E-state index contributed by atoms with van der Waals surface area (Å²) in [4.78, 5) is 24.2. The first kappa shape index (κ1) is 17.8. The van der Waals surface area contributed by atoms with E-state index >= 15 is 0 Å². The lowest BCUT2D eigenvalue weighted by Crippen LogP contribution is -3.11. The number of likely N-dealkylation sites (N-methyl/N-ethyl adjacent to an activating group) is 1. The number of methoxy groups -OCH3 is 1. The second-order valence-electron chi connectivity index (χ2n) is 4.68. The minimum Gasteiger partial charge on any atom is -0.495 e. The fraction of sp³-hybridized carbons (Fsp3) is 0.333. The molecule has 0 saturated heterocycles. The smallest absolute Gasteiger partial charge is 0.279 e. The second-order valence-corrected chi connectivity index (χ2v) is 5.12. The van der Waals surface area contributed by atoms with Crippen molar-refractivity contribution in [2.75, 3.05) is 39.1 Å². The number of halogens is 1. The molecule has 1 rings (SSSR count). The molecule has 3 N–H and O–H groups in total. The highest BCUT2D eigenvalue weighted by molar-refractivity contribution is 6.31. The van der Waals surface area contributed by atoms with E-state index in [1.807, 2.05) is 0 Å². The van der Waals surface area contributed by atoms with Crippen molar-refractivity contribution >= 4 is 29.1 Å². The molecule has 7 heteroatoms. The fourth-order valence-corrected chi connectivity index (χ4v) is 1.97. The lowest BCUT2D eigenvalue weighted by atomic mass is 10.3. The third kappa shape index (κ3) is 6.04. The van der Waals surface area contributed by atoms with Gasteiger partial charge in [-0.3, -0.25) is 9.59 Å². The number of nitrogens with one attached hydrogen (secondary N) is 3. The Morgan fingerprint density at radius 3 is 2.68 bits per heavy atom. The number of carbonyl (C=O) groups excluding carboxylic acids is 2. The molecule has 22 heavy (non-hydrogen) atoms. The zero-order valence-corrected chi connectivity index (χ0v) is 13.3. The number of hydrogen-bond acceptors (Lipinski definition) is 3. The molecule has 0 radical (unpaired) electrons. The number of benzene rings is 1. The van der Waals surface area contributed by atoms with Crippen LogP contribution in [0.25, 0.3) is 0 Å². The Morgan fingerprint density at radius 2 is 2.05 bits per heavy atom. The standard InChI is InChI=1S/C15H18ClN3O3/c1-4-7-17-14(20)9-19(2)10-15(21)18-12-8-11(16)5-6-13(12)22-3/h1,5-6,8H,7,9-10H2,2-3H3,(H,17,20)(H,18,21)/p+1. The third-order valence-electron chi connectivity index (χ3n) is 2.75. The normalized spacial score (nSPS) is 11.2. The van der Waals surface area contributed by atoms with Crippen LogP contribution in [0.15, 0.2) is 18.2 Å². The van der Waals surface area contributed by atoms with Crippen LogP contribution in [0, 0.1) is 12.3 Å². The summed E-state index contributed by atoms with van der Waals surface area (Å²) in [6.45, 7) is 0.457. The molecule has 1 aromatic rings. The summed E-state index contributed by atoms with van der Waals surface area (Å²) in [5.74, 6) is 2.38. The highest BCUT2D eigenvalue weighted by atomic mass is 35.5. The lowest BCUT2D eigenvalue weighted by Gasteiger charge is -2.14. The van der Waals surface area contributed by atoms with Crippen LogP contribution in [-0.2, 0) is 9.59 Å². The number of amides is 2. The summed E-state index contributed by atoms with van der Waals surface area (Å²) in [7, 11) is 3.25. The summed E-state index contributed by atoms with van der Waals surface area (Å²) in [5.41, 5.74) is 0.490. The van der Waals surface area contributed by atoms with Crippen LogP contribution in [0.1, 0.15) is 0 Å². The van der Waals surface area contributed by atoms with E-state index < -0.39 is 0 Å². The summed E-state index contributed by atoms with van der Waals surface area (Å²) in [6.07, 6.45) is 5.06. The maximum absolute atomic E-state index is 12.0. The SMILES string of the molecule is C#CCNC(=O)C[NH+](C)CC(=O)Nc1cc(Cl)ccc1OC. The monoisotopic (exact) mass is 324 g/mol. The zero-order valence-electron chi connectivity index (χ0n) is 12.5. The average molecular weight is 325 g/mol. The largest absolute Gasteiger partial charge is 0.495 e. The Morgan fingerprint density at radius 1 is 1.36 bits per heavy atom. The number of rotatable bonds is 7. The van der Waals surface area contributed by atoms with Gasteiger partial charge in [-0.2, -0.15) is 0 Å². The summed E-state index contributed by atoms with van der Waals surface area (Å²) in [5, 5.41) is 5.75. The van der Waals surface area contributed by atoms with E-state index in [4.69, 9.17) is 22.8 Å². The van der Waals surface area contributed by atoms with E-state index in [0.717, 1.165) is 4.90 Å². The molecule has 1 atom stereocenters. The van der Waals surface area contributed by atoms with E-state index in [1.165, 1.54) is 7.11 Å². The first-order valence-corrected chi connectivity index (χ1v) is 6.99. The van der Waals surface area contributed by atoms with Crippen LogP contribution in [0.2, 0.25) is 5.02 Å². The van der Waals surface area contributed by atoms with E-state index in [1.54, 1.807) is 25.2 Å². The molecule has 0 aliphatic carbocycles. The predicted octanol–water partition coefficient (Wildman–Crippen LogP) is -0.449. The van der Waals surface area contributed by atoms with Crippen LogP contribution in [0.4, 0.5) is 5.69 Å². The highest BCUT2D eigenvalue weighted by Gasteiger charge is 2.15. The molecule has 1 unspecified atom stereocenters. The van der Waals surface area contributed by atoms with Crippen LogP contribution in [-0.4, -0.2) is 45.6 Å². The maximum Gasteiger partial charge on any atom is 0.279 e. The van der Waals surface area contributed by atoms with Crippen molar-refractivity contribution < 1.29 is 19.2 Å². The van der Waals surface area contributed by atoms with Crippen molar-refractivity contribution in [1.29, 1.82) is 0 Å². The van der Waals surface area contributed by atoms with Crippen molar-refractivity contribution in [1.82, 2.24) is 5.32 Å². The van der Waals surface area contributed by atoms with Gasteiger partial charge in [-0.25, -0.2) is 0 Å². The summed E-state index contributed by atoms with van der Waals surface area (Å²) < 4.78 is 5.15. The molecule has 0 spiro atoms. The van der Waals surface area contributed by atoms with Gasteiger partial charge in [-0.15, -0.1) is 6.42 Å². The van der Waals surface area contributed by atoms with Gasteiger partial charge in [0, 0.05) is 5.02 Å². The minimum atomic E-state index is -0.247. The molecule has 2 amide bonds. The molecular formula is C15H19ClN3O3+. The Bertz CT molecular complexity index is 584. The minimum absolute atomic E-state index is 0.124. The quantitative estimate of drug-likeness (QED) is 0.595. The highest BCUT2D eigenvalue weighted by Crippen LogP contribution is 2.27. The zero-order chi connectivity index (χ0) is 16.5. The molecule has 0 heterocycles. The van der Waals surface area contributed by atoms with Gasteiger partial charge in [0.1, 0.15) is 5.75 Å². The van der Waals surface area contributed by atoms with E-state index in [-0.39, 0.29) is 31.4 Å². The molecule has 0 bridgehead atoms. The number of hydrogen-bond donors (Lipinski definition) is 3. The van der Waals surface area contributed by atoms with Gasteiger partial charge in [0.25, 0.3) is 11.8 Å². The van der Waals surface area contributed by atoms with Crippen molar-refractivity contribution in [3.8, 4) is 18.1 Å². The second kappa shape index (κ2) is 8.93. The van der Waals surface area contributed by atoms with Gasteiger partial charge >= 0.3 is 0 Å². The molecule has 1 aromatic carbocycles. The number of quaternary nitrogens is 1. The number of carbonyl (C=O) groups is 2. The van der Waals surface area contributed by atoms with Crippen molar-refractivity contribution in [3.05, 3.63) is 23.2 Å². The molecule has 0 fully saturated rings. The van der Waals surface area contributed by atoms with E-state index in [0.29, 0.717) is 16.5 Å². The van der Waals surface area contributed by atoms with Gasteiger partial charge in [-0.1, -0.05) is 17.5 Å².